The van der Waals surface area contributed by atoms with Crippen molar-refractivity contribution in [2.75, 3.05) is 27.4 Å². The van der Waals surface area contributed by atoms with Gasteiger partial charge in [-0.1, -0.05) is 11.6 Å². The summed E-state index contributed by atoms with van der Waals surface area (Å²) in [4.78, 5) is 12.9. The molecule has 2 aromatic rings. The molecule has 3 rings (SSSR count). The first kappa shape index (κ1) is 26.8. The molecule has 12 heteroatoms. The van der Waals surface area contributed by atoms with Crippen molar-refractivity contribution in [1.29, 1.82) is 0 Å². The summed E-state index contributed by atoms with van der Waals surface area (Å²) in [6.07, 6.45) is 0.566. The van der Waals surface area contributed by atoms with Crippen molar-refractivity contribution in [2.45, 2.75) is 37.1 Å². The number of nitrogens with one attached hydrogen (secondary N) is 3. The number of carbonyl (C=O) groups excluding carboxylic acids is 1. The first-order valence-corrected chi connectivity index (χ1v) is 13.2. The summed E-state index contributed by atoms with van der Waals surface area (Å²) >= 11 is 11.1. The van der Waals surface area contributed by atoms with Gasteiger partial charge in [-0.25, -0.2) is 8.42 Å². The van der Waals surface area contributed by atoms with Crippen molar-refractivity contribution in [2.24, 2.45) is 0 Å². The highest BCUT2D eigenvalue weighted by Gasteiger charge is 2.32. The molecule has 35 heavy (non-hydrogen) atoms. The summed E-state index contributed by atoms with van der Waals surface area (Å²) < 4.78 is 44.9. The third-order valence-corrected chi connectivity index (χ3v) is 7.59. The molecule has 9 nitrogen and oxygen atoms in total. The minimum atomic E-state index is -4.04. The lowest BCUT2D eigenvalue weighted by Gasteiger charge is -2.32. The van der Waals surface area contributed by atoms with Gasteiger partial charge < -0.3 is 24.8 Å². The maximum absolute atomic E-state index is 13.1. The van der Waals surface area contributed by atoms with Gasteiger partial charge >= 0.3 is 0 Å². The Kier molecular flexibility index (Phi) is 8.68. The molecule has 0 saturated carbocycles. The van der Waals surface area contributed by atoms with E-state index in [0.717, 1.165) is 0 Å². The van der Waals surface area contributed by atoms with Gasteiger partial charge in [0.2, 0.25) is 0 Å². The molecule has 0 fully saturated rings. The van der Waals surface area contributed by atoms with Crippen LogP contribution in [0.1, 0.15) is 42.1 Å². The maximum Gasteiger partial charge on any atom is 0.267 e. The molecular weight excluding hydrogens is 514 g/mol. The van der Waals surface area contributed by atoms with Crippen LogP contribution < -0.4 is 29.6 Å². The Bertz CT molecular complexity index is 1220. The second-order valence-corrected chi connectivity index (χ2v) is 10.4. The fourth-order valence-electron chi connectivity index (χ4n) is 3.93. The molecule has 2 aromatic carbocycles. The quantitative estimate of drug-likeness (QED) is 0.436. The van der Waals surface area contributed by atoms with E-state index in [4.69, 9.17) is 38.0 Å². The summed E-state index contributed by atoms with van der Waals surface area (Å²) in [6.45, 7) is 4.52. The number of sulfonamides is 1. The largest absolute Gasteiger partial charge is 0.496 e. The van der Waals surface area contributed by atoms with E-state index >= 15 is 0 Å². The van der Waals surface area contributed by atoms with E-state index in [-0.39, 0.29) is 33.6 Å². The highest BCUT2D eigenvalue weighted by Crippen LogP contribution is 2.41. The molecular formula is C23H28ClN3O6S2. The molecule has 0 saturated heterocycles. The lowest BCUT2D eigenvalue weighted by Crippen LogP contribution is -2.40. The first-order chi connectivity index (χ1) is 16.6. The Morgan fingerprint density at radius 1 is 1.23 bits per heavy atom. The molecule has 0 bridgehead atoms. The van der Waals surface area contributed by atoms with Gasteiger partial charge in [0.15, 0.2) is 5.11 Å². The highest BCUT2D eigenvalue weighted by atomic mass is 35.5. The minimum absolute atomic E-state index is 0.0174. The number of halogens is 1. The minimum Gasteiger partial charge on any atom is -0.496 e. The molecule has 3 N–H and O–H groups in total. The van der Waals surface area contributed by atoms with Crippen molar-refractivity contribution in [3.05, 3.63) is 46.5 Å². The zero-order valence-corrected chi connectivity index (χ0v) is 22.2. The lowest BCUT2D eigenvalue weighted by molar-refractivity contribution is 0.0926. The average molecular weight is 542 g/mol. The standard InChI is InChI=1S/C23H28ClN3O6S2/c1-5-25-23(34)27-35(29,30)21-11-16-15(8-9-33-19(16)12-20(21)32-4)13(2)26-22(28)17-10-14(24)6-7-18(17)31-3/h6-7,10-13,15H,5,8-9H2,1-4H3,(H,26,28)(H2,25,27,34). The number of rotatable bonds is 8. The van der Waals surface area contributed by atoms with Crippen LogP contribution in [-0.2, 0) is 10.0 Å². The van der Waals surface area contributed by atoms with E-state index < -0.39 is 10.0 Å². The molecule has 0 radical (unpaired) electrons. The molecule has 1 heterocycles. The number of carbonyl (C=O) groups is 1. The van der Waals surface area contributed by atoms with E-state index in [1.165, 1.54) is 26.4 Å². The van der Waals surface area contributed by atoms with E-state index in [9.17, 15) is 13.2 Å². The summed E-state index contributed by atoms with van der Waals surface area (Å²) in [5, 5.41) is 6.13. The van der Waals surface area contributed by atoms with Crippen LogP contribution in [0.5, 0.6) is 17.2 Å². The van der Waals surface area contributed by atoms with Gasteiger partial charge in [0.1, 0.15) is 22.1 Å². The topological polar surface area (TPSA) is 115 Å². The molecule has 2 unspecified atom stereocenters. The molecule has 0 spiro atoms. The van der Waals surface area contributed by atoms with Crippen LogP contribution in [0.25, 0.3) is 0 Å². The third-order valence-electron chi connectivity index (χ3n) is 5.60. The predicted molar refractivity (Wildman–Crippen MR) is 137 cm³/mol. The van der Waals surface area contributed by atoms with Crippen LogP contribution in [0.4, 0.5) is 0 Å². The van der Waals surface area contributed by atoms with Crippen molar-refractivity contribution in [3.8, 4) is 17.2 Å². The summed E-state index contributed by atoms with van der Waals surface area (Å²) in [6, 6.07) is 7.49. The average Bonchev–Trinajstić information content (AvgIpc) is 2.82. The maximum atomic E-state index is 13.1. The van der Waals surface area contributed by atoms with Gasteiger partial charge in [-0.05, 0) is 56.8 Å². The van der Waals surface area contributed by atoms with E-state index in [1.807, 2.05) is 6.92 Å². The summed E-state index contributed by atoms with van der Waals surface area (Å²) in [5.41, 5.74) is 0.941. The van der Waals surface area contributed by atoms with Gasteiger partial charge in [-0.15, -0.1) is 0 Å². The molecule has 1 aliphatic rings. The van der Waals surface area contributed by atoms with Crippen molar-refractivity contribution in [1.82, 2.24) is 15.4 Å². The van der Waals surface area contributed by atoms with Crippen LogP contribution >= 0.6 is 23.8 Å². The SMILES string of the molecule is CCNC(=S)NS(=O)(=O)c1cc2c(cc1OC)OCCC2C(C)NC(=O)c1cc(Cl)ccc1OC. The second kappa shape index (κ2) is 11.3. The number of thiocarbonyl (C=S) groups is 1. The lowest BCUT2D eigenvalue weighted by atomic mass is 9.87. The Balaban J connectivity index is 1.94. The van der Waals surface area contributed by atoms with Crippen molar-refractivity contribution in [3.63, 3.8) is 0 Å². The number of hydrogen-bond donors (Lipinski definition) is 3. The molecule has 0 aromatic heterocycles. The number of ether oxygens (including phenoxy) is 3. The number of benzene rings is 2. The third kappa shape index (κ3) is 6.09. The Morgan fingerprint density at radius 2 is 1.94 bits per heavy atom. The van der Waals surface area contributed by atoms with Crippen LogP contribution in [0, 0.1) is 0 Å². The number of amides is 1. The Hall–Kier alpha value is -2.76. The smallest absolute Gasteiger partial charge is 0.267 e. The number of methoxy groups -OCH3 is 2. The monoisotopic (exact) mass is 541 g/mol. The van der Waals surface area contributed by atoms with Crippen molar-refractivity contribution < 1.29 is 27.4 Å². The normalized spacial score (nSPS) is 15.7. The number of fused-ring (bicyclic) bond motifs is 1. The van der Waals surface area contributed by atoms with Crippen molar-refractivity contribution >= 4 is 44.9 Å². The van der Waals surface area contributed by atoms with E-state index in [0.29, 0.717) is 47.2 Å². The number of hydrogen-bond acceptors (Lipinski definition) is 7. The first-order valence-electron chi connectivity index (χ1n) is 10.9. The van der Waals surface area contributed by atoms with Gasteiger partial charge in [0.25, 0.3) is 15.9 Å². The molecule has 0 aliphatic carbocycles. The highest BCUT2D eigenvalue weighted by molar-refractivity contribution is 7.92. The Morgan fingerprint density at radius 3 is 2.60 bits per heavy atom. The Labute approximate surface area is 215 Å². The molecule has 2 atom stereocenters. The zero-order valence-electron chi connectivity index (χ0n) is 19.8. The molecule has 1 amide bonds. The molecule has 1 aliphatic heterocycles. The fourth-order valence-corrected chi connectivity index (χ4v) is 5.69. The molecule has 190 valence electrons. The van der Waals surface area contributed by atoms with Gasteiger partial charge in [0.05, 0.1) is 26.4 Å². The van der Waals surface area contributed by atoms with E-state index in [2.05, 4.69) is 15.4 Å². The van der Waals surface area contributed by atoms with Crippen LogP contribution in [-0.4, -0.2) is 52.9 Å². The fraction of sp³-hybridized carbons (Fsp3) is 0.391. The summed E-state index contributed by atoms with van der Waals surface area (Å²) in [5.74, 6) is 0.425. The van der Waals surface area contributed by atoms with Crippen LogP contribution in [0.15, 0.2) is 35.2 Å². The second-order valence-electron chi connectivity index (χ2n) is 7.86. The van der Waals surface area contributed by atoms with E-state index in [1.54, 1.807) is 25.1 Å². The van der Waals surface area contributed by atoms with Gasteiger partial charge in [-0.2, -0.15) is 0 Å². The van der Waals surface area contributed by atoms with Crippen LogP contribution in [0.2, 0.25) is 5.02 Å². The van der Waals surface area contributed by atoms with Crippen LogP contribution in [0.3, 0.4) is 0 Å². The van der Waals surface area contributed by atoms with Gasteiger partial charge in [0, 0.05) is 35.2 Å². The van der Waals surface area contributed by atoms with Gasteiger partial charge in [-0.3, -0.25) is 9.52 Å². The predicted octanol–water partition coefficient (Wildman–Crippen LogP) is 3.21. The summed E-state index contributed by atoms with van der Waals surface area (Å²) in [7, 11) is -1.18. The zero-order chi connectivity index (χ0) is 25.8.